The fourth-order valence-electron chi connectivity index (χ4n) is 2.71. The van der Waals surface area contributed by atoms with Crippen LogP contribution in [0.25, 0.3) is 0 Å². The van der Waals surface area contributed by atoms with Crippen LogP contribution in [0.4, 0.5) is 0 Å². The van der Waals surface area contributed by atoms with Crippen molar-refractivity contribution in [3.8, 4) is 0 Å². The lowest BCUT2D eigenvalue weighted by Gasteiger charge is -2.16. The lowest BCUT2D eigenvalue weighted by atomic mass is 10.1. The van der Waals surface area contributed by atoms with Gasteiger partial charge < -0.3 is 10.6 Å². The lowest BCUT2D eigenvalue weighted by molar-refractivity contribution is -0.109. The summed E-state index contributed by atoms with van der Waals surface area (Å²) in [5.74, 6) is 2.13. The summed E-state index contributed by atoms with van der Waals surface area (Å²) < 4.78 is 0. The fraction of sp³-hybridized carbons (Fsp3) is 0.625. The summed E-state index contributed by atoms with van der Waals surface area (Å²) in [5.41, 5.74) is 5.44. The van der Waals surface area contributed by atoms with Gasteiger partial charge in [-0.2, -0.15) is 11.8 Å². The minimum absolute atomic E-state index is 0.414. The molecule has 0 aliphatic rings. The standard InChI is InChI=1S/C24H42N2OS/c1-20(2)10-7-11-21(3)12-8-13-22(4)15-17-28-18-24(6)26-23(5)14-9-16-25-19-27/h10,12,15,19,24,26H,5,7-9,11,13-14,16-18H2,1-4,6H3,(H,25,27)/b21-12+,22-15+. The SMILES string of the molecule is C=C(CCCNC=O)NC(C)CSC/C=C(\C)CC/C=C(\C)CCC=C(C)C. The van der Waals surface area contributed by atoms with E-state index in [4.69, 9.17) is 0 Å². The van der Waals surface area contributed by atoms with Crippen molar-refractivity contribution in [3.63, 3.8) is 0 Å². The van der Waals surface area contributed by atoms with E-state index in [-0.39, 0.29) is 0 Å². The second kappa shape index (κ2) is 17.7. The molecule has 0 fully saturated rings. The first-order valence-corrected chi connectivity index (χ1v) is 11.6. The summed E-state index contributed by atoms with van der Waals surface area (Å²) in [6.07, 6.45) is 14.3. The number of carbonyl (C=O) groups excluding carboxylic acids is 1. The van der Waals surface area contributed by atoms with Crippen molar-refractivity contribution < 1.29 is 4.79 Å². The molecule has 0 aliphatic heterocycles. The second-order valence-electron chi connectivity index (χ2n) is 7.82. The monoisotopic (exact) mass is 406 g/mol. The van der Waals surface area contributed by atoms with E-state index in [9.17, 15) is 4.79 Å². The smallest absolute Gasteiger partial charge is 0.207 e. The first kappa shape index (κ1) is 26.6. The Kier molecular flexibility index (Phi) is 16.8. The first-order valence-electron chi connectivity index (χ1n) is 10.5. The third kappa shape index (κ3) is 18.0. The lowest BCUT2D eigenvalue weighted by Crippen LogP contribution is -2.27. The highest BCUT2D eigenvalue weighted by atomic mass is 32.2. The van der Waals surface area contributed by atoms with Crippen LogP contribution in [0.2, 0.25) is 0 Å². The number of nitrogens with one attached hydrogen (secondary N) is 2. The molecule has 4 heteroatoms. The largest absolute Gasteiger partial charge is 0.386 e. The maximum atomic E-state index is 10.2. The number of amides is 1. The molecule has 1 amide bonds. The Morgan fingerprint density at radius 2 is 1.64 bits per heavy atom. The Balaban J connectivity index is 3.86. The van der Waals surface area contributed by atoms with Crippen molar-refractivity contribution in [1.29, 1.82) is 0 Å². The Bertz CT molecular complexity index is 531. The van der Waals surface area contributed by atoms with Gasteiger partial charge in [0.2, 0.25) is 6.41 Å². The quantitative estimate of drug-likeness (QED) is 0.173. The van der Waals surface area contributed by atoms with Gasteiger partial charge in [-0.1, -0.05) is 41.5 Å². The normalized spacial score (nSPS) is 13.0. The summed E-state index contributed by atoms with van der Waals surface area (Å²) in [6.45, 7) is 15.8. The van der Waals surface area contributed by atoms with Crippen LogP contribution >= 0.6 is 11.8 Å². The molecule has 2 N–H and O–H groups in total. The molecule has 160 valence electrons. The minimum Gasteiger partial charge on any atom is -0.386 e. The van der Waals surface area contributed by atoms with E-state index >= 15 is 0 Å². The predicted molar refractivity (Wildman–Crippen MR) is 128 cm³/mol. The van der Waals surface area contributed by atoms with Crippen molar-refractivity contribution in [3.05, 3.63) is 47.2 Å². The predicted octanol–water partition coefficient (Wildman–Crippen LogP) is 6.16. The zero-order chi connectivity index (χ0) is 21.2. The molecule has 1 atom stereocenters. The van der Waals surface area contributed by atoms with Crippen molar-refractivity contribution in [2.75, 3.05) is 18.1 Å². The molecule has 0 heterocycles. The number of carbonyl (C=O) groups is 1. The van der Waals surface area contributed by atoms with Gasteiger partial charge in [-0.25, -0.2) is 0 Å². The highest BCUT2D eigenvalue weighted by Crippen LogP contribution is 2.13. The highest BCUT2D eigenvalue weighted by Gasteiger charge is 2.02. The van der Waals surface area contributed by atoms with Crippen molar-refractivity contribution in [2.24, 2.45) is 0 Å². The molecule has 1 unspecified atom stereocenters. The molecular formula is C24H42N2OS. The maximum Gasteiger partial charge on any atom is 0.207 e. The van der Waals surface area contributed by atoms with E-state index in [2.05, 4.69) is 70.1 Å². The van der Waals surface area contributed by atoms with Crippen LogP contribution in [0.5, 0.6) is 0 Å². The average Bonchev–Trinajstić information content (AvgIpc) is 2.62. The molecule has 0 aromatic carbocycles. The molecule has 0 rings (SSSR count). The molecule has 0 saturated heterocycles. The van der Waals surface area contributed by atoms with Gasteiger partial charge in [0, 0.05) is 29.8 Å². The number of hydrogen-bond acceptors (Lipinski definition) is 3. The van der Waals surface area contributed by atoms with Gasteiger partial charge in [0.05, 0.1) is 0 Å². The van der Waals surface area contributed by atoms with E-state index in [1.165, 1.54) is 23.1 Å². The van der Waals surface area contributed by atoms with Crippen molar-refractivity contribution in [1.82, 2.24) is 10.6 Å². The number of hydrogen-bond donors (Lipinski definition) is 2. The van der Waals surface area contributed by atoms with Gasteiger partial charge in [-0.3, -0.25) is 4.79 Å². The zero-order valence-electron chi connectivity index (χ0n) is 18.8. The summed E-state index contributed by atoms with van der Waals surface area (Å²) >= 11 is 1.96. The van der Waals surface area contributed by atoms with Crippen molar-refractivity contribution >= 4 is 18.2 Å². The third-order valence-electron chi connectivity index (χ3n) is 4.37. The number of thioether (sulfide) groups is 1. The van der Waals surface area contributed by atoms with Gasteiger partial charge >= 0.3 is 0 Å². The van der Waals surface area contributed by atoms with Crippen LogP contribution in [0.15, 0.2) is 47.2 Å². The first-order chi connectivity index (χ1) is 13.3. The van der Waals surface area contributed by atoms with E-state index in [0.29, 0.717) is 12.6 Å². The molecule has 0 bridgehead atoms. The summed E-state index contributed by atoms with van der Waals surface area (Å²) in [7, 11) is 0. The molecule has 0 aromatic rings. The molecule has 0 aromatic heterocycles. The van der Waals surface area contributed by atoms with Crippen LogP contribution in [0.3, 0.4) is 0 Å². The molecule has 0 aliphatic carbocycles. The molecule has 0 saturated carbocycles. The maximum absolute atomic E-state index is 10.2. The van der Waals surface area contributed by atoms with Gasteiger partial charge in [0.1, 0.15) is 0 Å². The van der Waals surface area contributed by atoms with Crippen LogP contribution in [-0.4, -0.2) is 30.5 Å². The number of rotatable bonds is 17. The summed E-state index contributed by atoms with van der Waals surface area (Å²) in [6, 6.07) is 0.414. The third-order valence-corrected chi connectivity index (χ3v) is 5.51. The fourth-order valence-corrected chi connectivity index (χ4v) is 3.69. The van der Waals surface area contributed by atoms with E-state index in [1.807, 2.05) is 11.8 Å². The zero-order valence-corrected chi connectivity index (χ0v) is 19.6. The Hall–Kier alpha value is -1.42. The van der Waals surface area contributed by atoms with Crippen LogP contribution in [-0.2, 0) is 4.79 Å². The highest BCUT2D eigenvalue weighted by molar-refractivity contribution is 7.99. The molecule has 0 spiro atoms. The summed E-state index contributed by atoms with van der Waals surface area (Å²) in [5, 5.41) is 6.13. The van der Waals surface area contributed by atoms with Gasteiger partial charge in [-0.05, 0) is 73.1 Å². The van der Waals surface area contributed by atoms with Crippen LogP contribution in [0.1, 0.15) is 73.1 Å². The van der Waals surface area contributed by atoms with Gasteiger partial charge in [0.25, 0.3) is 0 Å². The van der Waals surface area contributed by atoms with Crippen LogP contribution < -0.4 is 10.6 Å². The molecule has 28 heavy (non-hydrogen) atoms. The van der Waals surface area contributed by atoms with Gasteiger partial charge in [0.15, 0.2) is 0 Å². The molecule has 3 nitrogen and oxygen atoms in total. The Labute approximate surface area is 178 Å². The summed E-state index contributed by atoms with van der Waals surface area (Å²) in [4.78, 5) is 10.2. The average molecular weight is 407 g/mol. The van der Waals surface area contributed by atoms with Gasteiger partial charge in [-0.15, -0.1) is 0 Å². The van der Waals surface area contributed by atoms with Crippen LogP contribution in [0, 0.1) is 0 Å². The topological polar surface area (TPSA) is 41.1 Å². The van der Waals surface area contributed by atoms with E-state index in [1.54, 1.807) is 0 Å². The second-order valence-corrected chi connectivity index (χ2v) is 8.90. The molecule has 0 radical (unpaired) electrons. The Morgan fingerprint density at radius 3 is 2.29 bits per heavy atom. The number of allylic oxidation sites excluding steroid dienone is 6. The molecular weight excluding hydrogens is 364 g/mol. The Morgan fingerprint density at radius 1 is 1.00 bits per heavy atom. The van der Waals surface area contributed by atoms with E-state index < -0.39 is 0 Å². The van der Waals surface area contributed by atoms with Crippen molar-refractivity contribution in [2.45, 2.75) is 79.2 Å². The minimum atomic E-state index is 0.414. The van der Waals surface area contributed by atoms with E-state index in [0.717, 1.165) is 55.7 Å².